The van der Waals surface area contributed by atoms with Crippen LogP contribution in [0.4, 0.5) is 11.4 Å². The summed E-state index contributed by atoms with van der Waals surface area (Å²) in [5.74, 6) is 1.32. The number of benzene rings is 1. The van der Waals surface area contributed by atoms with Gasteiger partial charge in [0.1, 0.15) is 5.75 Å². The Morgan fingerprint density at radius 2 is 2.06 bits per heavy atom. The molecular weight excluding hydrogens is 442 g/mol. The zero-order valence-corrected chi connectivity index (χ0v) is 18.9. The van der Waals surface area contributed by atoms with Gasteiger partial charge in [0.2, 0.25) is 15.9 Å². The molecule has 31 heavy (non-hydrogen) atoms. The van der Waals surface area contributed by atoms with Crippen molar-refractivity contribution >= 4 is 39.1 Å². The standard InChI is InChI=1S/C19H23N5O5S2/c1-4-24-18(15-7-6-10-29-15)21-22-19(24)30-12-17(25)20-13-8-9-14(16(11-13)28-3)23-31(26,27)5-2/h6-11,23H,4-5,12H2,1-3H3,(H,20,25). The van der Waals surface area contributed by atoms with Crippen molar-refractivity contribution in [3.05, 3.63) is 36.6 Å². The van der Waals surface area contributed by atoms with Crippen LogP contribution in [-0.2, 0) is 21.4 Å². The second kappa shape index (κ2) is 9.88. The van der Waals surface area contributed by atoms with E-state index in [-0.39, 0.29) is 17.4 Å². The highest BCUT2D eigenvalue weighted by Crippen LogP contribution is 2.29. The van der Waals surface area contributed by atoms with Gasteiger partial charge in [0.25, 0.3) is 0 Å². The van der Waals surface area contributed by atoms with E-state index in [4.69, 9.17) is 9.15 Å². The highest BCUT2D eigenvalue weighted by Gasteiger charge is 2.17. The summed E-state index contributed by atoms with van der Waals surface area (Å²) >= 11 is 1.25. The third-order valence-corrected chi connectivity index (χ3v) is 6.50. The summed E-state index contributed by atoms with van der Waals surface area (Å²) < 4.78 is 38.5. The Kier molecular flexibility index (Phi) is 7.23. The van der Waals surface area contributed by atoms with Gasteiger partial charge in [0.05, 0.1) is 30.6 Å². The third kappa shape index (κ3) is 5.58. The summed E-state index contributed by atoms with van der Waals surface area (Å²) in [6.07, 6.45) is 1.57. The van der Waals surface area contributed by atoms with Crippen LogP contribution in [0, 0.1) is 0 Å². The number of methoxy groups -OCH3 is 1. The second-order valence-electron chi connectivity index (χ2n) is 6.29. The molecule has 10 nitrogen and oxygen atoms in total. The number of ether oxygens (including phenoxy) is 1. The molecule has 2 N–H and O–H groups in total. The fourth-order valence-corrected chi connectivity index (χ4v) is 4.14. The highest BCUT2D eigenvalue weighted by molar-refractivity contribution is 7.99. The number of amides is 1. The van der Waals surface area contributed by atoms with Crippen LogP contribution in [0.15, 0.2) is 46.2 Å². The Morgan fingerprint density at radius 1 is 1.26 bits per heavy atom. The fourth-order valence-electron chi connectivity index (χ4n) is 2.69. The molecule has 0 saturated heterocycles. The van der Waals surface area contributed by atoms with Gasteiger partial charge in [0, 0.05) is 18.3 Å². The fraction of sp³-hybridized carbons (Fsp3) is 0.316. The van der Waals surface area contributed by atoms with Gasteiger partial charge in [-0.1, -0.05) is 11.8 Å². The maximum Gasteiger partial charge on any atom is 0.234 e. The van der Waals surface area contributed by atoms with Crippen molar-refractivity contribution in [2.75, 3.05) is 28.7 Å². The molecule has 0 bridgehead atoms. The molecule has 3 aromatic rings. The van der Waals surface area contributed by atoms with E-state index in [0.29, 0.717) is 40.4 Å². The number of nitrogens with zero attached hydrogens (tertiary/aromatic N) is 3. The molecule has 0 aliphatic rings. The minimum atomic E-state index is -3.44. The number of sulfonamides is 1. The summed E-state index contributed by atoms with van der Waals surface area (Å²) in [6.45, 7) is 4.12. The van der Waals surface area contributed by atoms with E-state index < -0.39 is 10.0 Å². The molecule has 0 saturated carbocycles. The van der Waals surface area contributed by atoms with E-state index >= 15 is 0 Å². The molecule has 0 spiro atoms. The number of aromatic nitrogens is 3. The average Bonchev–Trinajstić information content (AvgIpc) is 3.42. The minimum absolute atomic E-state index is 0.0596. The van der Waals surface area contributed by atoms with Crippen molar-refractivity contribution in [3.63, 3.8) is 0 Å². The maximum atomic E-state index is 12.4. The number of hydrogen-bond acceptors (Lipinski definition) is 8. The number of nitrogens with one attached hydrogen (secondary N) is 2. The Balaban J connectivity index is 1.65. The molecule has 0 fully saturated rings. The van der Waals surface area contributed by atoms with Gasteiger partial charge in [-0.05, 0) is 38.1 Å². The zero-order valence-electron chi connectivity index (χ0n) is 17.3. The van der Waals surface area contributed by atoms with Crippen molar-refractivity contribution in [3.8, 4) is 17.3 Å². The third-order valence-electron chi connectivity index (χ3n) is 4.24. The Labute approximate surface area is 184 Å². The average molecular weight is 466 g/mol. The molecule has 0 radical (unpaired) electrons. The van der Waals surface area contributed by atoms with Gasteiger partial charge >= 0.3 is 0 Å². The summed E-state index contributed by atoms with van der Waals surface area (Å²) in [6, 6.07) is 8.27. The molecule has 1 aromatic carbocycles. The topological polar surface area (TPSA) is 128 Å². The van der Waals surface area contributed by atoms with Crippen molar-refractivity contribution < 1.29 is 22.4 Å². The van der Waals surface area contributed by atoms with Crippen LogP contribution in [0.25, 0.3) is 11.6 Å². The lowest BCUT2D eigenvalue weighted by atomic mass is 10.2. The summed E-state index contributed by atoms with van der Waals surface area (Å²) in [4.78, 5) is 12.4. The van der Waals surface area contributed by atoms with Crippen molar-refractivity contribution in [1.29, 1.82) is 0 Å². The molecular formula is C19H23N5O5S2. The van der Waals surface area contributed by atoms with E-state index in [9.17, 15) is 13.2 Å². The first-order valence-electron chi connectivity index (χ1n) is 9.45. The van der Waals surface area contributed by atoms with E-state index in [1.165, 1.54) is 31.9 Å². The van der Waals surface area contributed by atoms with Crippen LogP contribution in [0.2, 0.25) is 0 Å². The summed E-state index contributed by atoms with van der Waals surface area (Å²) in [5, 5.41) is 11.7. The van der Waals surface area contributed by atoms with Gasteiger partial charge in [-0.3, -0.25) is 14.1 Å². The van der Waals surface area contributed by atoms with Crippen LogP contribution in [-0.4, -0.2) is 47.7 Å². The van der Waals surface area contributed by atoms with Gasteiger partial charge < -0.3 is 14.5 Å². The lowest BCUT2D eigenvalue weighted by Crippen LogP contribution is -2.16. The number of rotatable bonds is 10. The summed E-state index contributed by atoms with van der Waals surface area (Å²) in [7, 11) is -2.02. The number of carbonyl (C=O) groups excluding carboxylic acids is 1. The molecule has 0 atom stereocenters. The first-order chi connectivity index (χ1) is 14.9. The molecule has 1 amide bonds. The highest BCUT2D eigenvalue weighted by atomic mass is 32.2. The smallest absolute Gasteiger partial charge is 0.234 e. The number of anilines is 2. The number of furan rings is 1. The normalized spacial score (nSPS) is 11.3. The minimum Gasteiger partial charge on any atom is -0.494 e. The number of hydrogen-bond donors (Lipinski definition) is 2. The van der Waals surface area contributed by atoms with E-state index in [2.05, 4.69) is 20.2 Å². The number of thioether (sulfide) groups is 1. The van der Waals surface area contributed by atoms with E-state index in [1.54, 1.807) is 30.5 Å². The molecule has 0 aliphatic heterocycles. The Bertz CT molecular complexity index is 1140. The first-order valence-corrected chi connectivity index (χ1v) is 12.1. The van der Waals surface area contributed by atoms with E-state index in [1.807, 2.05) is 11.5 Å². The van der Waals surface area contributed by atoms with Crippen LogP contribution in [0.5, 0.6) is 5.75 Å². The van der Waals surface area contributed by atoms with Crippen molar-refractivity contribution in [2.24, 2.45) is 0 Å². The molecule has 2 aromatic heterocycles. The van der Waals surface area contributed by atoms with Gasteiger partial charge in [-0.2, -0.15) is 0 Å². The van der Waals surface area contributed by atoms with Crippen LogP contribution in [0.1, 0.15) is 13.8 Å². The van der Waals surface area contributed by atoms with Gasteiger partial charge in [-0.15, -0.1) is 10.2 Å². The Hall–Kier alpha value is -2.99. The van der Waals surface area contributed by atoms with E-state index in [0.717, 1.165) is 0 Å². The van der Waals surface area contributed by atoms with Gasteiger partial charge in [-0.25, -0.2) is 8.42 Å². The maximum absolute atomic E-state index is 12.4. The Morgan fingerprint density at radius 3 is 2.71 bits per heavy atom. The largest absolute Gasteiger partial charge is 0.494 e. The SMILES string of the molecule is CCn1c(SCC(=O)Nc2ccc(NS(=O)(=O)CC)c(OC)c2)nnc1-c1ccco1. The lowest BCUT2D eigenvalue weighted by Gasteiger charge is -2.13. The molecule has 166 valence electrons. The molecule has 2 heterocycles. The second-order valence-corrected chi connectivity index (χ2v) is 9.24. The summed E-state index contributed by atoms with van der Waals surface area (Å²) in [5.41, 5.74) is 0.786. The first kappa shape index (κ1) is 22.7. The zero-order chi connectivity index (χ0) is 22.4. The lowest BCUT2D eigenvalue weighted by molar-refractivity contribution is -0.113. The van der Waals surface area contributed by atoms with Crippen LogP contribution in [0.3, 0.4) is 0 Å². The quantitative estimate of drug-likeness (QED) is 0.437. The predicted molar refractivity (Wildman–Crippen MR) is 119 cm³/mol. The number of carbonyl (C=O) groups is 1. The van der Waals surface area contributed by atoms with Crippen LogP contribution >= 0.6 is 11.8 Å². The molecule has 0 unspecified atom stereocenters. The van der Waals surface area contributed by atoms with Crippen LogP contribution < -0.4 is 14.8 Å². The molecule has 3 rings (SSSR count). The van der Waals surface area contributed by atoms with Gasteiger partial charge in [0.15, 0.2) is 16.7 Å². The van der Waals surface area contributed by atoms with Crippen molar-refractivity contribution in [1.82, 2.24) is 14.8 Å². The molecule has 12 heteroatoms. The predicted octanol–water partition coefficient (Wildman–Crippen LogP) is 3.06. The monoisotopic (exact) mass is 465 g/mol. The molecule has 0 aliphatic carbocycles. The van der Waals surface area contributed by atoms with Crippen molar-refractivity contribution in [2.45, 2.75) is 25.5 Å².